The third-order valence-corrected chi connectivity index (χ3v) is 2.72. The molecule has 0 amide bonds. The molecule has 0 aromatic heterocycles. The number of hydrogen-bond donors (Lipinski definition) is 2. The summed E-state index contributed by atoms with van der Waals surface area (Å²) in [6.45, 7) is 1.96. The van der Waals surface area contributed by atoms with Crippen LogP contribution in [0.25, 0.3) is 0 Å². The van der Waals surface area contributed by atoms with Crippen molar-refractivity contribution in [3.05, 3.63) is 12.2 Å². The monoisotopic (exact) mass is 170 g/mol. The molecular formula is C10H18O2. The van der Waals surface area contributed by atoms with E-state index in [9.17, 15) is 5.11 Å². The molecule has 0 saturated heterocycles. The Balaban J connectivity index is 2.54. The predicted molar refractivity (Wildman–Crippen MR) is 48.8 cm³/mol. The Kier molecular flexibility index (Phi) is 3.29. The van der Waals surface area contributed by atoms with Gasteiger partial charge in [-0.25, -0.2) is 0 Å². The van der Waals surface area contributed by atoms with Crippen molar-refractivity contribution in [1.82, 2.24) is 0 Å². The van der Waals surface area contributed by atoms with Gasteiger partial charge in [0.25, 0.3) is 0 Å². The van der Waals surface area contributed by atoms with Crippen LogP contribution in [-0.4, -0.2) is 22.4 Å². The second-order valence-corrected chi connectivity index (χ2v) is 3.82. The summed E-state index contributed by atoms with van der Waals surface area (Å²) in [5.74, 6) is 0.235. The molecule has 1 rings (SSSR count). The molecule has 1 saturated carbocycles. The fourth-order valence-corrected chi connectivity index (χ4v) is 1.87. The maximum Gasteiger partial charge on any atom is 0.0682 e. The maximum atomic E-state index is 9.93. The Hall–Kier alpha value is -0.340. The van der Waals surface area contributed by atoms with Crippen LogP contribution < -0.4 is 0 Å². The SMILES string of the molecule is C[C@@]1(O)CCCC[C@H]1/C=C/CO. The lowest BCUT2D eigenvalue weighted by Crippen LogP contribution is -2.36. The Morgan fingerprint density at radius 1 is 1.50 bits per heavy atom. The van der Waals surface area contributed by atoms with Crippen molar-refractivity contribution in [2.75, 3.05) is 6.61 Å². The smallest absolute Gasteiger partial charge is 0.0682 e. The average Bonchev–Trinajstić information content (AvgIpc) is 2.02. The summed E-state index contributed by atoms with van der Waals surface area (Å²) in [4.78, 5) is 0. The van der Waals surface area contributed by atoms with Crippen molar-refractivity contribution < 1.29 is 10.2 Å². The lowest BCUT2D eigenvalue weighted by molar-refractivity contribution is -0.0123. The molecule has 0 aromatic rings. The second kappa shape index (κ2) is 4.06. The van der Waals surface area contributed by atoms with Gasteiger partial charge in [-0.05, 0) is 19.8 Å². The molecule has 0 radical (unpaired) electrons. The van der Waals surface area contributed by atoms with Crippen LogP contribution in [0.15, 0.2) is 12.2 Å². The first-order chi connectivity index (χ1) is 5.67. The van der Waals surface area contributed by atoms with Crippen LogP contribution in [0.3, 0.4) is 0 Å². The van der Waals surface area contributed by atoms with Crippen molar-refractivity contribution in [2.45, 2.75) is 38.2 Å². The van der Waals surface area contributed by atoms with Gasteiger partial charge in [-0.3, -0.25) is 0 Å². The van der Waals surface area contributed by atoms with Crippen molar-refractivity contribution >= 4 is 0 Å². The van der Waals surface area contributed by atoms with E-state index in [1.165, 1.54) is 6.42 Å². The Morgan fingerprint density at radius 2 is 2.25 bits per heavy atom. The van der Waals surface area contributed by atoms with Gasteiger partial charge in [0.2, 0.25) is 0 Å². The zero-order valence-electron chi connectivity index (χ0n) is 7.66. The van der Waals surface area contributed by atoms with E-state index < -0.39 is 5.60 Å². The van der Waals surface area contributed by atoms with E-state index in [2.05, 4.69) is 0 Å². The highest BCUT2D eigenvalue weighted by Crippen LogP contribution is 2.34. The first-order valence-electron chi connectivity index (χ1n) is 4.67. The van der Waals surface area contributed by atoms with E-state index in [-0.39, 0.29) is 12.5 Å². The molecule has 1 fully saturated rings. The zero-order valence-corrected chi connectivity index (χ0v) is 7.66. The molecule has 0 aromatic carbocycles. The van der Waals surface area contributed by atoms with Gasteiger partial charge in [0, 0.05) is 5.92 Å². The lowest BCUT2D eigenvalue weighted by Gasteiger charge is -2.35. The van der Waals surface area contributed by atoms with Crippen LogP contribution in [0, 0.1) is 5.92 Å². The number of hydrogen-bond acceptors (Lipinski definition) is 2. The minimum atomic E-state index is -0.552. The number of aliphatic hydroxyl groups excluding tert-OH is 1. The highest BCUT2D eigenvalue weighted by molar-refractivity contribution is 4.99. The van der Waals surface area contributed by atoms with E-state index in [1.807, 2.05) is 13.0 Å². The van der Waals surface area contributed by atoms with Crippen molar-refractivity contribution in [3.63, 3.8) is 0 Å². The molecule has 0 spiro atoms. The van der Waals surface area contributed by atoms with Gasteiger partial charge >= 0.3 is 0 Å². The molecule has 1 aliphatic carbocycles. The molecule has 2 N–H and O–H groups in total. The van der Waals surface area contributed by atoms with Crippen LogP contribution in [0.4, 0.5) is 0 Å². The highest BCUT2D eigenvalue weighted by atomic mass is 16.3. The minimum absolute atomic E-state index is 0.0760. The van der Waals surface area contributed by atoms with E-state index in [0.29, 0.717) is 0 Å². The highest BCUT2D eigenvalue weighted by Gasteiger charge is 2.32. The van der Waals surface area contributed by atoms with Crippen molar-refractivity contribution in [2.24, 2.45) is 5.92 Å². The van der Waals surface area contributed by atoms with Gasteiger partial charge in [-0.1, -0.05) is 25.0 Å². The van der Waals surface area contributed by atoms with Crippen LogP contribution >= 0.6 is 0 Å². The Labute approximate surface area is 73.9 Å². The van der Waals surface area contributed by atoms with E-state index in [4.69, 9.17) is 5.11 Å². The van der Waals surface area contributed by atoms with Crippen LogP contribution in [0.2, 0.25) is 0 Å². The molecule has 2 nitrogen and oxygen atoms in total. The fourth-order valence-electron chi connectivity index (χ4n) is 1.87. The summed E-state index contributed by atoms with van der Waals surface area (Å²) in [5, 5.41) is 18.5. The normalized spacial score (nSPS) is 37.4. The molecule has 0 unspecified atom stereocenters. The first-order valence-corrected chi connectivity index (χ1v) is 4.67. The largest absolute Gasteiger partial charge is 0.392 e. The molecule has 2 heteroatoms. The molecule has 70 valence electrons. The molecular weight excluding hydrogens is 152 g/mol. The fraction of sp³-hybridized carbons (Fsp3) is 0.800. The summed E-state index contributed by atoms with van der Waals surface area (Å²) in [7, 11) is 0. The van der Waals surface area contributed by atoms with E-state index >= 15 is 0 Å². The number of rotatable bonds is 2. The molecule has 2 atom stereocenters. The van der Waals surface area contributed by atoms with Crippen LogP contribution in [0.1, 0.15) is 32.6 Å². The minimum Gasteiger partial charge on any atom is -0.392 e. The second-order valence-electron chi connectivity index (χ2n) is 3.82. The summed E-state index contributed by atoms with van der Waals surface area (Å²) in [6.07, 6.45) is 7.91. The summed E-state index contributed by atoms with van der Waals surface area (Å²) < 4.78 is 0. The third kappa shape index (κ3) is 2.32. The van der Waals surface area contributed by atoms with Gasteiger partial charge in [0.1, 0.15) is 0 Å². The first kappa shape index (κ1) is 9.75. The quantitative estimate of drug-likeness (QED) is 0.616. The van der Waals surface area contributed by atoms with Crippen LogP contribution in [0.5, 0.6) is 0 Å². The molecule has 0 aliphatic heterocycles. The van der Waals surface area contributed by atoms with Crippen molar-refractivity contribution in [3.8, 4) is 0 Å². The van der Waals surface area contributed by atoms with Crippen molar-refractivity contribution in [1.29, 1.82) is 0 Å². The van der Waals surface area contributed by atoms with Gasteiger partial charge in [-0.2, -0.15) is 0 Å². The van der Waals surface area contributed by atoms with Crippen LogP contribution in [-0.2, 0) is 0 Å². The number of aliphatic hydroxyl groups is 2. The predicted octanol–water partition coefficient (Wildman–Crippen LogP) is 1.48. The van der Waals surface area contributed by atoms with E-state index in [1.54, 1.807) is 6.08 Å². The van der Waals surface area contributed by atoms with Gasteiger partial charge < -0.3 is 10.2 Å². The molecule has 12 heavy (non-hydrogen) atoms. The molecule has 0 heterocycles. The lowest BCUT2D eigenvalue weighted by atomic mass is 9.76. The topological polar surface area (TPSA) is 40.5 Å². The third-order valence-electron chi connectivity index (χ3n) is 2.72. The Morgan fingerprint density at radius 3 is 2.83 bits per heavy atom. The summed E-state index contributed by atoms with van der Waals surface area (Å²) in [5.41, 5.74) is -0.552. The van der Waals surface area contributed by atoms with E-state index in [0.717, 1.165) is 19.3 Å². The summed E-state index contributed by atoms with van der Waals surface area (Å²) >= 11 is 0. The Bertz CT molecular complexity index is 161. The summed E-state index contributed by atoms with van der Waals surface area (Å²) in [6, 6.07) is 0. The molecule has 0 bridgehead atoms. The zero-order chi connectivity index (χ0) is 9.03. The molecule has 1 aliphatic rings. The standard InChI is InChI=1S/C10H18O2/c1-10(12)7-3-2-5-9(10)6-4-8-11/h4,6,9,11-12H,2-3,5,7-8H2,1H3/b6-4+/t9-,10+/m0/s1. The maximum absolute atomic E-state index is 9.93. The average molecular weight is 170 g/mol. The van der Waals surface area contributed by atoms with Gasteiger partial charge in [-0.15, -0.1) is 0 Å². The van der Waals surface area contributed by atoms with Gasteiger partial charge in [0.15, 0.2) is 0 Å². The van der Waals surface area contributed by atoms with Gasteiger partial charge in [0.05, 0.1) is 12.2 Å².